The number of benzene rings is 1. The lowest BCUT2D eigenvalue weighted by atomic mass is 10.2. The van der Waals surface area contributed by atoms with Gasteiger partial charge in [-0.1, -0.05) is 11.3 Å². The number of esters is 1. The van der Waals surface area contributed by atoms with Crippen molar-refractivity contribution < 1.29 is 22.7 Å². The number of halogens is 3. The summed E-state index contributed by atoms with van der Waals surface area (Å²) in [7, 11) is 0.950. The Bertz CT molecular complexity index is 731. The number of alkyl halides is 3. The highest BCUT2D eigenvalue weighted by Gasteiger charge is 2.41. The van der Waals surface area contributed by atoms with Gasteiger partial charge < -0.3 is 4.74 Å². The second kappa shape index (κ2) is 5.24. The number of nitrogens with zero attached hydrogens (tertiary/aromatic N) is 4. The summed E-state index contributed by atoms with van der Waals surface area (Å²) in [5, 5.41) is 15.1. The van der Waals surface area contributed by atoms with Crippen molar-refractivity contribution in [2.45, 2.75) is 6.18 Å². The third-order valence-electron chi connectivity index (χ3n) is 2.54. The van der Waals surface area contributed by atoms with Crippen LogP contribution < -0.4 is 0 Å². The molecule has 0 unspecified atom stereocenters. The van der Waals surface area contributed by atoms with Gasteiger partial charge in [-0.3, -0.25) is 0 Å². The van der Waals surface area contributed by atoms with Crippen molar-refractivity contribution in [2.24, 2.45) is 0 Å². The number of aromatic nitrogens is 3. The summed E-state index contributed by atoms with van der Waals surface area (Å²) >= 11 is 0. The summed E-state index contributed by atoms with van der Waals surface area (Å²) in [5.41, 5.74) is -2.00. The van der Waals surface area contributed by atoms with Crippen molar-refractivity contribution >= 4 is 5.97 Å². The van der Waals surface area contributed by atoms with Gasteiger partial charge in [0.2, 0.25) is 5.69 Å². The summed E-state index contributed by atoms with van der Waals surface area (Å²) in [4.78, 5) is 11.6. The molecule has 21 heavy (non-hydrogen) atoms. The summed E-state index contributed by atoms with van der Waals surface area (Å²) < 4.78 is 43.6. The molecule has 1 aromatic carbocycles. The van der Waals surface area contributed by atoms with E-state index in [1.807, 2.05) is 6.07 Å². The molecule has 0 N–H and O–H groups in total. The van der Waals surface area contributed by atoms with Crippen LogP contribution in [0.5, 0.6) is 0 Å². The van der Waals surface area contributed by atoms with E-state index in [1.54, 1.807) is 0 Å². The van der Waals surface area contributed by atoms with Gasteiger partial charge in [0.15, 0.2) is 5.69 Å². The Morgan fingerprint density at radius 1 is 1.43 bits per heavy atom. The number of hydrogen-bond donors (Lipinski definition) is 0. The molecular weight excluding hydrogens is 289 g/mol. The maximum Gasteiger partial charge on any atom is 0.437 e. The molecule has 0 spiro atoms. The summed E-state index contributed by atoms with van der Waals surface area (Å²) in [6.07, 6.45) is -4.85. The van der Waals surface area contributed by atoms with Crippen LogP contribution in [0.1, 0.15) is 21.7 Å². The van der Waals surface area contributed by atoms with E-state index in [1.165, 1.54) is 24.3 Å². The van der Waals surface area contributed by atoms with Gasteiger partial charge in [0.25, 0.3) is 0 Å². The first-order valence-electron chi connectivity index (χ1n) is 5.50. The van der Waals surface area contributed by atoms with Crippen LogP contribution in [0.15, 0.2) is 24.3 Å². The van der Waals surface area contributed by atoms with Crippen LogP contribution in [0.25, 0.3) is 5.69 Å². The molecule has 0 bridgehead atoms. The zero-order chi connectivity index (χ0) is 15.6. The summed E-state index contributed by atoms with van der Waals surface area (Å²) in [5.74, 6) is -1.23. The lowest BCUT2D eigenvalue weighted by Crippen LogP contribution is -2.17. The third kappa shape index (κ3) is 2.69. The van der Waals surface area contributed by atoms with Crippen LogP contribution >= 0.6 is 0 Å². The smallest absolute Gasteiger partial charge is 0.437 e. The molecule has 2 aromatic rings. The average molecular weight is 296 g/mol. The Kier molecular flexibility index (Phi) is 3.62. The Hall–Kier alpha value is -2.89. The molecule has 0 aliphatic carbocycles. The molecule has 1 heterocycles. The molecule has 0 saturated carbocycles. The predicted molar refractivity (Wildman–Crippen MR) is 62.4 cm³/mol. The standard InChI is InChI=1S/C12H7F3N4O2/c1-21-11(20)9-10(12(13,14)15)17-18-19(9)8-4-2-3-7(5-8)6-16/h2-5H,1H3. The number of carbonyl (C=O) groups is 1. The monoisotopic (exact) mass is 296 g/mol. The van der Waals surface area contributed by atoms with E-state index in [0.29, 0.717) is 4.68 Å². The second-order valence-corrected chi connectivity index (χ2v) is 3.85. The van der Waals surface area contributed by atoms with Gasteiger partial charge in [0.1, 0.15) is 0 Å². The summed E-state index contributed by atoms with van der Waals surface area (Å²) in [6.45, 7) is 0. The largest absolute Gasteiger partial charge is 0.464 e. The maximum atomic E-state index is 12.8. The number of hydrogen-bond acceptors (Lipinski definition) is 5. The topological polar surface area (TPSA) is 80.8 Å². The van der Waals surface area contributed by atoms with E-state index < -0.39 is 23.5 Å². The van der Waals surface area contributed by atoms with E-state index >= 15 is 0 Å². The normalized spacial score (nSPS) is 11.0. The molecule has 0 fully saturated rings. The molecule has 0 atom stereocenters. The van der Waals surface area contributed by atoms with Gasteiger partial charge in [-0.05, 0) is 18.2 Å². The molecule has 1 aromatic heterocycles. The van der Waals surface area contributed by atoms with Crippen molar-refractivity contribution in [3.63, 3.8) is 0 Å². The Balaban J connectivity index is 2.67. The number of carbonyl (C=O) groups excluding carboxylic acids is 1. The Labute approximate surface area is 116 Å². The first kappa shape index (κ1) is 14.5. The SMILES string of the molecule is COC(=O)c1c(C(F)(F)F)nnn1-c1cccc(C#N)c1. The molecular formula is C12H7F3N4O2. The van der Waals surface area contributed by atoms with Crippen LogP contribution in [0.4, 0.5) is 13.2 Å². The summed E-state index contributed by atoms with van der Waals surface area (Å²) in [6, 6.07) is 7.42. The van der Waals surface area contributed by atoms with Gasteiger partial charge >= 0.3 is 12.1 Å². The highest BCUT2D eigenvalue weighted by molar-refractivity contribution is 5.89. The highest BCUT2D eigenvalue weighted by Crippen LogP contribution is 2.31. The Morgan fingerprint density at radius 2 is 2.14 bits per heavy atom. The van der Waals surface area contributed by atoms with Crippen LogP contribution in [-0.4, -0.2) is 28.1 Å². The van der Waals surface area contributed by atoms with Gasteiger partial charge in [-0.15, -0.1) is 5.10 Å². The molecule has 9 heteroatoms. The minimum Gasteiger partial charge on any atom is -0.464 e. The van der Waals surface area contributed by atoms with Gasteiger partial charge in [0, 0.05) is 0 Å². The number of ether oxygens (including phenoxy) is 1. The maximum absolute atomic E-state index is 12.8. The van der Waals surface area contributed by atoms with Crippen LogP contribution in [0.3, 0.4) is 0 Å². The lowest BCUT2D eigenvalue weighted by Gasteiger charge is -2.08. The highest BCUT2D eigenvalue weighted by atomic mass is 19.4. The first-order valence-corrected chi connectivity index (χ1v) is 5.50. The molecule has 0 amide bonds. The van der Waals surface area contributed by atoms with Crippen LogP contribution in [-0.2, 0) is 10.9 Å². The Morgan fingerprint density at radius 3 is 2.71 bits per heavy atom. The van der Waals surface area contributed by atoms with E-state index in [-0.39, 0.29) is 11.3 Å². The van der Waals surface area contributed by atoms with Crippen molar-refractivity contribution in [2.75, 3.05) is 7.11 Å². The molecule has 0 saturated heterocycles. The van der Waals surface area contributed by atoms with Crippen LogP contribution in [0, 0.1) is 11.3 Å². The zero-order valence-electron chi connectivity index (χ0n) is 10.5. The quantitative estimate of drug-likeness (QED) is 0.791. The lowest BCUT2D eigenvalue weighted by molar-refractivity contribution is -0.141. The third-order valence-corrected chi connectivity index (χ3v) is 2.54. The zero-order valence-corrected chi connectivity index (χ0v) is 10.5. The molecule has 6 nitrogen and oxygen atoms in total. The van der Waals surface area contributed by atoms with Gasteiger partial charge in [0.05, 0.1) is 24.4 Å². The van der Waals surface area contributed by atoms with E-state index in [2.05, 4.69) is 15.0 Å². The van der Waals surface area contributed by atoms with Crippen molar-refractivity contribution in [3.8, 4) is 11.8 Å². The molecule has 0 aliphatic heterocycles. The number of nitriles is 1. The van der Waals surface area contributed by atoms with Crippen molar-refractivity contribution in [3.05, 3.63) is 41.2 Å². The number of methoxy groups -OCH3 is 1. The van der Waals surface area contributed by atoms with Gasteiger partial charge in [-0.25, -0.2) is 9.48 Å². The second-order valence-electron chi connectivity index (χ2n) is 3.85. The van der Waals surface area contributed by atoms with Crippen LogP contribution in [0.2, 0.25) is 0 Å². The minimum atomic E-state index is -4.85. The fourth-order valence-corrected chi connectivity index (χ4v) is 1.64. The van der Waals surface area contributed by atoms with E-state index in [9.17, 15) is 18.0 Å². The molecule has 0 aliphatic rings. The molecule has 2 rings (SSSR count). The molecule has 0 radical (unpaired) electrons. The van der Waals surface area contributed by atoms with E-state index in [0.717, 1.165) is 7.11 Å². The minimum absolute atomic E-state index is 0.0949. The van der Waals surface area contributed by atoms with E-state index in [4.69, 9.17) is 5.26 Å². The first-order chi connectivity index (χ1) is 9.88. The van der Waals surface area contributed by atoms with Crippen molar-refractivity contribution in [1.29, 1.82) is 5.26 Å². The fourth-order valence-electron chi connectivity index (χ4n) is 1.64. The van der Waals surface area contributed by atoms with Gasteiger partial charge in [-0.2, -0.15) is 18.4 Å². The predicted octanol–water partition coefficient (Wildman–Crippen LogP) is 1.94. The average Bonchev–Trinajstić information content (AvgIpc) is 2.91. The number of rotatable bonds is 2. The molecule has 108 valence electrons. The fraction of sp³-hybridized carbons (Fsp3) is 0.167. The van der Waals surface area contributed by atoms with Crippen molar-refractivity contribution in [1.82, 2.24) is 15.0 Å².